The van der Waals surface area contributed by atoms with Crippen molar-refractivity contribution < 1.29 is 52.4 Å². The van der Waals surface area contributed by atoms with Gasteiger partial charge in [-0.05, 0) is 83.6 Å². The predicted molar refractivity (Wildman–Crippen MR) is 204 cm³/mol. The van der Waals surface area contributed by atoms with Crippen LogP contribution in [-0.2, 0) is 28.7 Å². The summed E-state index contributed by atoms with van der Waals surface area (Å²) >= 11 is 0. The van der Waals surface area contributed by atoms with Gasteiger partial charge in [0.1, 0.15) is 17.6 Å². The number of hydrogen-bond donors (Lipinski definition) is 7. The van der Waals surface area contributed by atoms with Gasteiger partial charge in [0.25, 0.3) is 0 Å². The molecule has 3 amide bonds. The number of ether oxygens (including phenoxy) is 1. The van der Waals surface area contributed by atoms with E-state index in [-0.39, 0.29) is 30.1 Å². The van der Waals surface area contributed by atoms with Crippen molar-refractivity contribution in [3.05, 3.63) is 0 Å². The molecule has 14 nitrogen and oxygen atoms in total. The zero-order valence-corrected chi connectivity index (χ0v) is 33.4. The van der Waals surface area contributed by atoms with Crippen molar-refractivity contribution in [1.82, 2.24) is 16.0 Å². The lowest BCUT2D eigenvalue weighted by atomic mass is 10.0. The minimum Gasteiger partial charge on any atom is -0.375 e. The van der Waals surface area contributed by atoms with Crippen LogP contribution in [0.2, 0.25) is 0 Å². The van der Waals surface area contributed by atoms with Gasteiger partial charge in [-0.3, -0.25) is 19.2 Å². The SMILES string of the molecule is CC(=O)NCCCCC1NC(=O)OC1=O.CCCCCC(=O)C(N)CCCCNC(=O)C(F)(F)F.CCCCCC(=O)C(N)CCCC[NH3+].CCCCN. The molecule has 17 heteroatoms. The van der Waals surface area contributed by atoms with Crippen LogP contribution < -0.4 is 38.9 Å². The van der Waals surface area contributed by atoms with Gasteiger partial charge in [-0.2, -0.15) is 13.2 Å². The van der Waals surface area contributed by atoms with Crippen LogP contribution in [0.4, 0.5) is 18.0 Å². The molecule has 1 aliphatic heterocycles. The van der Waals surface area contributed by atoms with Crippen molar-refractivity contribution in [1.29, 1.82) is 0 Å². The number of ketones is 2. The molecule has 0 aromatic rings. The molecular formula is C37H73F3N7O7+. The summed E-state index contributed by atoms with van der Waals surface area (Å²) in [5.41, 5.74) is 20.4. The van der Waals surface area contributed by atoms with Crippen molar-refractivity contribution in [2.75, 3.05) is 26.2 Å². The van der Waals surface area contributed by atoms with Crippen molar-refractivity contribution in [3.8, 4) is 0 Å². The van der Waals surface area contributed by atoms with Gasteiger partial charge in [-0.25, -0.2) is 9.59 Å². The molecule has 3 atom stereocenters. The van der Waals surface area contributed by atoms with Gasteiger partial charge in [0.15, 0.2) is 0 Å². The van der Waals surface area contributed by atoms with E-state index in [2.05, 4.69) is 35.0 Å². The highest BCUT2D eigenvalue weighted by Gasteiger charge is 2.38. The third kappa shape index (κ3) is 35.9. The minimum atomic E-state index is -4.84. The van der Waals surface area contributed by atoms with E-state index in [0.717, 1.165) is 83.7 Å². The van der Waals surface area contributed by atoms with Gasteiger partial charge < -0.3 is 43.6 Å². The Morgan fingerprint density at radius 2 is 1.24 bits per heavy atom. The van der Waals surface area contributed by atoms with E-state index in [0.29, 0.717) is 45.1 Å². The summed E-state index contributed by atoms with van der Waals surface area (Å²) in [4.78, 5) is 65.7. The minimum absolute atomic E-state index is 0.00206. The lowest BCUT2D eigenvalue weighted by Gasteiger charge is -2.11. The lowest BCUT2D eigenvalue weighted by molar-refractivity contribution is -0.368. The quantitative estimate of drug-likeness (QED) is 0.0379. The molecule has 1 fully saturated rings. The van der Waals surface area contributed by atoms with Crippen molar-refractivity contribution in [3.63, 3.8) is 0 Å². The second-order valence-corrected chi connectivity index (χ2v) is 13.2. The molecule has 0 aromatic heterocycles. The predicted octanol–water partition coefficient (Wildman–Crippen LogP) is 3.86. The fourth-order valence-electron chi connectivity index (χ4n) is 4.65. The van der Waals surface area contributed by atoms with Gasteiger partial charge in [-0.1, -0.05) is 52.9 Å². The van der Waals surface area contributed by atoms with Crippen LogP contribution in [0.3, 0.4) is 0 Å². The summed E-state index contributed by atoms with van der Waals surface area (Å²) in [5, 5.41) is 6.83. The molecule has 3 unspecified atom stereocenters. The Morgan fingerprint density at radius 3 is 1.63 bits per heavy atom. The highest BCUT2D eigenvalue weighted by atomic mass is 19.4. The van der Waals surface area contributed by atoms with Gasteiger partial charge in [0.05, 0.1) is 18.6 Å². The molecule has 0 aliphatic carbocycles. The monoisotopic (exact) mass is 785 g/mol. The molecule has 1 aliphatic rings. The Balaban J connectivity index is -0.000000689. The number of nitrogens with one attached hydrogen (secondary N) is 3. The molecule has 1 heterocycles. The van der Waals surface area contributed by atoms with Crippen LogP contribution in [0.1, 0.15) is 150 Å². The third-order valence-corrected chi connectivity index (χ3v) is 8.00. The first kappa shape index (κ1) is 55.2. The van der Waals surface area contributed by atoms with Gasteiger partial charge in [0.2, 0.25) is 5.91 Å². The molecule has 318 valence electrons. The van der Waals surface area contributed by atoms with E-state index in [1.165, 1.54) is 19.8 Å². The average molecular weight is 785 g/mol. The second-order valence-electron chi connectivity index (χ2n) is 13.2. The van der Waals surface area contributed by atoms with Gasteiger partial charge in [0, 0.05) is 32.9 Å². The lowest BCUT2D eigenvalue weighted by Crippen LogP contribution is -2.50. The number of esters is 1. The highest BCUT2D eigenvalue weighted by Crippen LogP contribution is 2.14. The summed E-state index contributed by atoms with van der Waals surface area (Å²) in [6.45, 7) is 10.1. The van der Waals surface area contributed by atoms with Crippen molar-refractivity contribution in [2.45, 2.75) is 174 Å². The zero-order chi connectivity index (χ0) is 41.8. The second kappa shape index (κ2) is 36.8. The topological polar surface area (TPSA) is 253 Å². The summed E-state index contributed by atoms with van der Waals surface area (Å²) in [6.07, 6.45) is 10.5. The Hall–Kier alpha value is -3.15. The Kier molecular flexibility index (Phi) is 37.6. The molecule has 0 saturated carbocycles. The molecule has 0 radical (unpaired) electrons. The third-order valence-electron chi connectivity index (χ3n) is 8.00. The number of alkyl carbamates (subject to hydrolysis) is 1. The zero-order valence-electron chi connectivity index (χ0n) is 33.4. The maximum absolute atomic E-state index is 11.9. The number of carbonyl (C=O) groups is 6. The first-order chi connectivity index (χ1) is 25.5. The van der Waals surface area contributed by atoms with E-state index >= 15 is 0 Å². The first-order valence-corrected chi connectivity index (χ1v) is 19.7. The fraction of sp³-hybridized carbons (Fsp3) is 0.838. The van der Waals surface area contributed by atoms with E-state index in [4.69, 9.17) is 17.2 Å². The number of cyclic esters (lactones) is 2. The number of halogens is 3. The normalized spacial score (nSPS) is 14.4. The van der Waals surface area contributed by atoms with Crippen molar-refractivity contribution >= 4 is 35.4 Å². The van der Waals surface area contributed by atoms with E-state index in [1.807, 2.05) is 6.92 Å². The van der Waals surface area contributed by atoms with Crippen LogP contribution in [0.15, 0.2) is 0 Å². The number of carbonyl (C=O) groups excluding carboxylic acids is 6. The Labute approximate surface area is 320 Å². The fourth-order valence-corrected chi connectivity index (χ4v) is 4.65. The number of quaternary nitrogens is 1. The summed E-state index contributed by atoms with van der Waals surface area (Å²) in [7, 11) is 0. The molecule has 1 saturated heterocycles. The van der Waals surface area contributed by atoms with Crippen LogP contribution in [-0.4, -0.2) is 85.9 Å². The maximum atomic E-state index is 11.9. The molecule has 0 spiro atoms. The summed E-state index contributed by atoms with van der Waals surface area (Å²) in [5.74, 6) is -2.28. The highest BCUT2D eigenvalue weighted by molar-refractivity contribution is 5.95. The summed E-state index contributed by atoms with van der Waals surface area (Å²) in [6, 6.07) is -1.29. The number of unbranched alkanes of at least 4 members (excludes halogenated alkanes) is 8. The molecule has 0 aromatic carbocycles. The van der Waals surface area contributed by atoms with E-state index < -0.39 is 36.2 Å². The van der Waals surface area contributed by atoms with Crippen LogP contribution in [0.5, 0.6) is 0 Å². The number of alkyl halides is 3. The van der Waals surface area contributed by atoms with Gasteiger partial charge >= 0.3 is 24.1 Å². The number of Topliss-reactive ketones (excluding diaryl/α,β-unsaturated/α-hetero) is 2. The maximum Gasteiger partial charge on any atom is 0.471 e. The molecular weight excluding hydrogens is 711 g/mol. The number of hydrogen-bond acceptors (Lipinski definition) is 10. The van der Waals surface area contributed by atoms with E-state index in [9.17, 15) is 41.9 Å². The number of rotatable bonds is 26. The molecule has 54 heavy (non-hydrogen) atoms. The molecule has 1 rings (SSSR count). The largest absolute Gasteiger partial charge is 0.471 e. The van der Waals surface area contributed by atoms with Crippen LogP contribution in [0.25, 0.3) is 0 Å². The van der Waals surface area contributed by atoms with E-state index in [1.54, 1.807) is 5.32 Å². The smallest absolute Gasteiger partial charge is 0.375 e. The number of amides is 3. The van der Waals surface area contributed by atoms with Crippen molar-refractivity contribution in [2.24, 2.45) is 17.2 Å². The average Bonchev–Trinajstić information content (AvgIpc) is 3.44. The molecule has 0 bridgehead atoms. The van der Waals surface area contributed by atoms with Gasteiger partial charge in [-0.15, -0.1) is 0 Å². The standard InChI is InChI=1S/C13H23F3N2O2.C11H24N2O.C9H14N2O4.C4H11N/c1-2-3-4-8-11(19)10(17)7-5-6-9-18-12(20)13(14,15)16;1-2-3-4-8-11(14)10(13)7-5-6-9-12;1-6(12)10-5-3-2-4-7-8(13)15-9(14)11-7;1-2-3-4-5/h10H,2-9,17H2,1H3,(H,18,20);10H,2-9,12-13H2,1H3;7H,2-5H2,1H3,(H,10,12)(H,11,14);2-5H2,1H3/p+1. The van der Waals surface area contributed by atoms with Crippen LogP contribution >= 0.6 is 0 Å². The molecule has 12 N–H and O–H groups in total. The van der Waals surface area contributed by atoms with Crippen LogP contribution in [0, 0.1) is 0 Å². The Morgan fingerprint density at radius 1 is 0.759 bits per heavy atom. The summed E-state index contributed by atoms with van der Waals surface area (Å²) < 4.78 is 39.9. The number of nitrogens with two attached hydrogens (primary N) is 3. The Bertz CT molecular complexity index is 1020. The first-order valence-electron chi connectivity index (χ1n) is 19.7.